The largest absolute Gasteiger partial charge is 0.512 e. The fourth-order valence-electron chi connectivity index (χ4n) is 6.80. The molecule has 0 aliphatic carbocycles. The fourth-order valence-corrected chi connectivity index (χ4v) is 6.80. The molecule has 0 radical (unpaired) electrons. The highest BCUT2D eigenvalue weighted by Crippen LogP contribution is 2.56. The Morgan fingerprint density at radius 1 is 0.592 bits per heavy atom. The molecule has 8 N–H and O–H groups in total. The van der Waals surface area contributed by atoms with Gasteiger partial charge in [0.05, 0.1) is 16.5 Å². The molecule has 0 spiro atoms. The van der Waals surface area contributed by atoms with Gasteiger partial charge in [-0.25, -0.2) is 0 Å². The summed E-state index contributed by atoms with van der Waals surface area (Å²) in [5.74, 6) is -5.89. The van der Waals surface area contributed by atoms with Gasteiger partial charge in [-0.3, -0.25) is 9.15 Å². The zero-order valence-corrected chi connectivity index (χ0v) is 25.4. The van der Waals surface area contributed by atoms with Crippen LogP contribution in [0.15, 0.2) is 106 Å². The van der Waals surface area contributed by atoms with Crippen molar-refractivity contribution in [2.24, 2.45) is 0 Å². The number of aromatic hydroxyl groups is 5. The number of phenols is 5. The van der Waals surface area contributed by atoms with E-state index in [1.54, 1.807) is 54.0 Å². The van der Waals surface area contributed by atoms with Crippen LogP contribution in [-0.4, -0.2) is 50.0 Å². The maximum Gasteiger partial charge on any atom is 0.234 e. The molecular formula is C37H26N2O10. The molecule has 12 heteroatoms. The number of hydrogen-bond donors (Lipinski definition) is 8. The van der Waals surface area contributed by atoms with Gasteiger partial charge in [-0.05, 0) is 30.7 Å². The van der Waals surface area contributed by atoms with E-state index in [2.05, 4.69) is 0 Å². The second-order valence-electron chi connectivity index (χ2n) is 11.5. The predicted molar refractivity (Wildman–Crippen MR) is 182 cm³/mol. The molecule has 0 unspecified atom stereocenters. The molecule has 0 aliphatic rings. The maximum atomic E-state index is 12.0. The first-order chi connectivity index (χ1) is 23.7. The van der Waals surface area contributed by atoms with Crippen molar-refractivity contribution in [1.29, 1.82) is 0 Å². The summed E-state index contributed by atoms with van der Waals surface area (Å²) < 4.78 is 14.3. The van der Waals surface area contributed by atoms with Gasteiger partial charge in [-0.2, -0.15) is 0 Å². The number of hydrogen-bond acceptors (Lipinski definition) is 10. The minimum absolute atomic E-state index is 0.0225. The zero-order valence-electron chi connectivity index (χ0n) is 25.4. The summed E-state index contributed by atoms with van der Waals surface area (Å²) in [6, 6.07) is 25.2. The number of phenolic OH excluding ortho intramolecular Hbond substituents is 5. The van der Waals surface area contributed by atoms with E-state index in [0.717, 1.165) is 11.1 Å². The molecule has 0 bridgehead atoms. The number of nitrogens with zero attached hydrogens (tertiary/aromatic N) is 2. The van der Waals surface area contributed by atoms with Gasteiger partial charge in [-0.15, -0.1) is 0 Å². The lowest BCUT2D eigenvalue weighted by molar-refractivity contribution is 0.0527. The third kappa shape index (κ3) is 3.85. The van der Waals surface area contributed by atoms with Gasteiger partial charge in [0, 0.05) is 27.7 Å². The predicted octanol–water partition coefficient (Wildman–Crippen LogP) is 7.47. The van der Waals surface area contributed by atoms with E-state index < -0.39 is 51.3 Å². The van der Waals surface area contributed by atoms with Crippen LogP contribution < -0.4 is 5.42 Å². The fraction of sp³-hybridized carbons (Fsp3) is 0.0270. The van der Waals surface area contributed by atoms with Gasteiger partial charge in [-0.1, -0.05) is 66.7 Å². The lowest BCUT2D eigenvalue weighted by atomic mass is 10.0. The van der Waals surface area contributed by atoms with E-state index in [9.17, 15) is 40.9 Å². The van der Waals surface area contributed by atoms with E-state index in [0.29, 0.717) is 17.1 Å². The summed E-state index contributed by atoms with van der Waals surface area (Å²) in [6.45, 7) is 1.65. The van der Waals surface area contributed by atoms with Crippen molar-refractivity contribution in [1.82, 2.24) is 9.13 Å². The van der Waals surface area contributed by atoms with E-state index in [1.165, 1.54) is 4.57 Å². The van der Waals surface area contributed by atoms with Crippen LogP contribution in [0.2, 0.25) is 0 Å². The summed E-state index contributed by atoms with van der Waals surface area (Å²) >= 11 is 0. The highest BCUT2D eigenvalue weighted by Gasteiger charge is 2.34. The summed E-state index contributed by atoms with van der Waals surface area (Å²) in [5.41, 5.74) is 1.55. The Morgan fingerprint density at radius 3 is 1.82 bits per heavy atom. The molecule has 0 fully saturated rings. The SMILES string of the molecule is Cc1c2/c(=C(O)\C(O)=C\O)ooc3c(O)c(O)c(O)c4c3c3c2c(c(O)c(O)c3n4-c2ccccc2)n1-c1ccccc1-c1ccccc1. The van der Waals surface area contributed by atoms with E-state index in [1.807, 2.05) is 42.5 Å². The van der Waals surface area contributed by atoms with Gasteiger partial charge >= 0.3 is 0 Å². The Hall–Kier alpha value is -7.08. The van der Waals surface area contributed by atoms with Crippen molar-refractivity contribution in [3.63, 3.8) is 0 Å². The molecular weight excluding hydrogens is 632 g/mol. The quantitative estimate of drug-likeness (QED) is 0.0533. The molecule has 12 nitrogen and oxygen atoms in total. The smallest absolute Gasteiger partial charge is 0.234 e. The van der Waals surface area contributed by atoms with Gasteiger partial charge in [0.25, 0.3) is 0 Å². The Bertz CT molecular complexity index is 2750. The Morgan fingerprint density at radius 2 is 1.14 bits per heavy atom. The molecule has 0 amide bonds. The molecule has 0 aliphatic heterocycles. The van der Waals surface area contributed by atoms with Crippen molar-refractivity contribution >= 4 is 49.4 Å². The van der Waals surface area contributed by atoms with Crippen molar-refractivity contribution in [2.75, 3.05) is 0 Å². The number of rotatable bonds is 4. The number of aryl methyl sites for hydroxylation is 1. The van der Waals surface area contributed by atoms with Crippen molar-refractivity contribution in [3.05, 3.63) is 108 Å². The summed E-state index contributed by atoms with van der Waals surface area (Å²) in [5, 5.41) is 89.0. The standard InChI is InChI=1S/C37H26N2O10/c1-17-23-24-25-26-29(33(45)34(46)35(47)37(26)49-48-36(23)30(42)22(41)16-40)39(19-12-6-3-7-13-19)28(25)32(44)31(43)27(24)38(17)21-15-9-8-14-20(21)18-10-4-2-5-11-18/h2-16,40-47H,1H3/b22-16-,36-30-. The van der Waals surface area contributed by atoms with Crippen LogP contribution in [-0.2, 0) is 0 Å². The first kappa shape index (κ1) is 29.3. The summed E-state index contributed by atoms with van der Waals surface area (Å²) in [7, 11) is 0. The van der Waals surface area contributed by atoms with Crippen molar-refractivity contribution in [3.8, 4) is 51.2 Å². The van der Waals surface area contributed by atoms with Gasteiger partial charge in [0.1, 0.15) is 22.8 Å². The third-order valence-corrected chi connectivity index (χ3v) is 8.88. The summed E-state index contributed by atoms with van der Waals surface area (Å²) in [4.78, 5) is 0. The molecule has 0 saturated carbocycles. The first-order valence-electron chi connectivity index (χ1n) is 14.9. The molecule has 8 rings (SSSR count). The minimum Gasteiger partial charge on any atom is -0.512 e. The van der Waals surface area contributed by atoms with Crippen molar-refractivity contribution < 1.29 is 50.0 Å². The highest BCUT2D eigenvalue weighted by atomic mass is 17.0. The first-order valence-corrected chi connectivity index (χ1v) is 14.9. The number of para-hydroxylation sites is 2. The lowest BCUT2D eigenvalue weighted by Gasteiger charge is -2.16. The molecule has 3 heterocycles. The normalized spacial score (nSPS) is 12.9. The van der Waals surface area contributed by atoms with Crippen LogP contribution in [0.4, 0.5) is 0 Å². The number of benzene rings is 5. The average Bonchev–Trinajstić information content (AvgIpc) is 3.63. The third-order valence-electron chi connectivity index (χ3n) is 8.88. The van der Waals surface area contributed by atoms with Crippen LogP contribution in [0, 0.1) is 6.92 Å². The van der Waals surface area contributed by atoms with Crippen LogP contribution in [0.3, 0.4) is 0 Å². The van der Waals surface area contributed by atoms with Crippen LogP contribution in [0.1, 0.15) is 5.69 Å². The van der Waals surface area contributed by atoms with E-state index in [4.69, 9.17) is 9.15 Å². The monoisotopic (exact) mass is 658 g/mol. The van der Waals surface area contributed by atoms with Gasteiger partial charge in [0.15, 0.2) is 23.0 Å². The van der Waals surface area contributed by atoms with Crippen LogP contribution in [0.5, 0.6) is 28.7 Å². The van der Waals surface area contributed by atoms with Gasteiger partial charge in [0.2, 0.25) is 28.3 Å². The second kappa shape index (κ2) is 10.5. The topological polar surface area (TPSA) is 198 Å². The maximum absolute atomic E-state index is 12.0. The molecule has 8 aromatic rings. The molecule has 3 aromatic heterocycles. The number of aliphatic hydroxyl groups is 3. The zero-order chi connectivity index (χ0) is 34.3. The second-order valence-corrected chi connectivity index (χ2v) is 11.5. The van der Waals surface area contributed by atoms with E-state index in [-0.39, 0.29) is 44.4 Å². The highest BCUT2D eigenvalue weighted by molar-refractivity contribution is 6.33. The molecule has 0 atom stereocenters. The van der Waals surface area contributed by atoms with Crippen LogP contribution in [0.25, 0.3) is 71.9 Å². The molecule has 5 aromatic carbocycles. The van der Waals surface area contributed by atoms with E-state index >= 15 is 0 Å². The van der Waals surface area contributed by atoms with Crippen molar-refractivity contribution in [2.45, 2.75) is 6.92 Å². The molecule has 244 valence electrons. The minimum atomic E-state index is -1.01. The number of aliphatic hydroxyl groups excluding tert-OH is 3. The van der Waals surface area contributed by atoms with Crippen LogP contribution >= 0.6 is 0 Å². The Labute approximate surface area is 274 Å². The Balaban J connectivity index is 1.76. The summed E-state index contributed by atoms with van der Waals surface area (Å²) in [6.07, 6.45) is 0.238. The lowest BCUT2D eigenvalue weighted by Crippen LogP contribution is -2.09. The average molecular weight is 659 g/mol. The number of aromatic nitrogens is 2. The molecule has 0 saturated heterocycles. The Kier molecular flexibility index (Phi) is 6.27. The molecule has 49 heavy (non-hydrogen) atoms. The van der Waals surface area contributed by atoms with Gasteiger partial charge < -0.3 is 50.0 Å².